The lowest BCUT2D eigenvalue weighted by Gasteiger charge is -2.15. The van der Waals surface area contributed by atoms with Crippen LogP contribution in [0.4, 0.5) is 0 Å². The number of nitrogens with zero attached hydrogens (tertiary/aromatic N) is 3. The van der Waals surface area contributed by atoms with Crippen molar-refractivity contribution in [3.8, 4) is 0 Å². The Kier molecular flexibility index (Phi) is 3.43. The average Bonchev–Trinajstić information content (AvgIpc) is 2.61. The molecule has 0 unspecified atom stereocenters. The van der Waals surface area contributed by atoms with E-state index in [4.69, 9.17) is 5.11 Å². The Balaban J connectivity index is 2.61. The molecule has 0 atom stereocenters. The fourth-order valence-corrected chi connectivity index (χ4v) is 1.09. The molecule has 0 saturated carbocycles. The van der Waals surface area contributed by atoms with Crippen molar-refractivity contribution in [1.29, 1.82) is 0 Å². The molecule has 0 aliphatic carbocycles. The first-order valence-corrected chi connectivity index (χ1v) is 4.47. The highest BCUT2D eigenvalue weighted by Gasteiger charge is 2.10. The highest BCUT2D eigenvalue weighted by Crippen LogP contribution is 1.99. The smallest absolute Gasteiger partial charge is 0.354 e. The molecule has 0 spiro atoms. The monoisotopic (exact) mass is 211 g/mol. The number of hydrogen-bond acceptors (Lipinski definition) is 3. The largest absolute Gasteiger partial charge is 0.477 e. The maximum absolute atomic E-state index is 10.9. The number of amides is 1. The summed E-state index contributed by atoms with van der Waals surface area (Å²) in [6.07, 6.45) is 2.73. The van der Waals surface area contributed by atoms with Crippen LogP contribution in [-0.2, 0) is 11.3 Å². The predicted molar refractivity (Wildman–Crippen MR) is 52.5 cm³/mol. The van der Waals surface area contributed by atoms with Gasteiger partial charge in [0.2, 0.25) is 5.91 Å². The van der Waals surface area contributed by atoms with E-state index in [1.807, 2.05) is 0 Å². The highest BCUT2D eigenvalue weighted by molar-refractivity contribution is 5.85. The molecular formula is C9H13N3O3. The molecule has 0 aromatic carbocycles. The minimum absolute atomic E-state index is 0.0491. The first-order valence-electron chi connectivity index (χ1n) is 4.47. The molecule has 15 heavy (non-hydrogen) atoms. The van der Waals surface area contributed by atoms with Crippen LogP contribution in [0.2, 0.25) is 0 Å². The summed E-state index contributed by atoms with van der Waals surface area (Å²) >= 11 is 0. The third kappa shape index (κ3) is 2.80. The maximum atomic E-state index is 10.9. The van der Waals surface area contributed by atoms with E-state index in [9.17, 15) is 9.59 Å². The van der Waals surface area contributed by atoms with Crippen LogP contribution in [0.15, 0.2) is 12.5 Å². The van der Waals surface area contributed by atoms with Crippen LogP contribution in [0.1, 0.15) is 17.4 Å². The Bertz CT molecular complexity index is 372. The molecule has 0 radical (unpaired) electrons. The van der Waals surface area contributed by atoms with Crippen LogP contribution in [-0.4, -0.2) is 45.0 Å². The summed E-state index contributed by atoms with van der Waals surface area (Å²) in [6, 6.07) is 0. The van der Waals surface area contributed by atoms with Crippen molar-refractivity contribution in [3.63, 3.8) is 0 Å². The Morgan fingerprint density at radius 1 is 1.60 bits per heavy atom. The number of carboxylic acid groups (broad SMARTS) is 1. The molecule has 6 nitrogen and oxygen atoms in total. The molecule has 1 aromatic heterocycles. The molecule has 1 heterocycles. The number of carboxylic acids is 1. The minimum Gasteiger partial charge on any atom is -0.477 e. The van der Waals surface area contributed by atoms with Crippen LogP contribution < -0.4 is 0 Å². The molecular weight excluding hydrogens is 198 g/mol. The highest BCUT2D eigenvalue weighted by atomic mass is 16.4. The van der Waals surface area contributed by atoms with E-state index in [0.717, 1.165) is 0 Å². The van der Waals surface area contributed by atoms with Gasteiger partial charge in [0.25, 0.3) is 0 Å². The van der Waals surface area contributed by atoms with Crippen LogP contribution in [0, 0.1) is 0 Å². The molecule has 1 rings (SSSR count). The zero-order valence-electron chi connectivity index (χ0n) is 8.67. The van der Waals surface area contributed by atoms with Gasteiger partial charge in [-0.15, -0.1) is 0 Å². The van der Waals surface area contributed by atoms with Crippen LogP contribution in [0.3, 0.4) is 0 Å². The van der Waals surface area contributed by atoms with Gasteiger partial charge < -0.3 is 14.6 Å². The predicted octanol–water partition coefficient (Wildman–Crippen LogP) is 0.0596. The molecule has 6 heteroatoms. The summed E-state index contributed by atoms with van der Waals surface area (Å²) in [4.78, 5) is 26.9. The normalized spacial score (nSPS) is 10.0. The molecule has 1 N–H and O–H groups in total. The van der Waals surface area contributed by atoms with Crippen molar-refractivity contribution >= 4 is 11.9 Å². The number of rotatable bonds is 4. The number of carbonyl (C=O) groups excluding carboxylic acids is 1. The summed E-state index contributed by atoms with van der Waals surface area (Å²) in [5.41, 5.74) is 0.131. The van der Waals surface area contributed by atoms with Gasteiger partial charge in [-0.3, -0.25) is 4.79 Å². The Morgan fingerprint density at radius 2 is 2.27 bits per heavy atom. The first kappa shape index (κ1) is 11.2. The van der Waals surface area contributed by atoms with E-state index < -0.39 is 5.97 Å². The molecule has 0 fully saturated rings. The number of imidazole rings is 1. The zero-order valence-corrected chi connectivity index (χ0v) is 8.67. The third-order valence-electron chi connectivity index (χ3n) is 2.15. The number of aromatic nitrogens is 2. The van der Waals surface area contributed by atoms with Gasteiger partial charge in [-0.25, -0.2) is 9.78 Å². The van der Waals surface area contributed by atoms with Crippen LogP contribution in [0.5, 0.6) is 0 Å². The van der Waals surface area contributed by atoms with E-state index in [-0.39, 0.29) is 11.6 Å². The second kappa shape index (κ2) is 4.59. The molecule has 0 bridgehead atoms. The second-order valence-corrected chi connectivity index (χ2v) is 3.22. The molecule has 0 aliphatic rings. The van der Waals surface area contributed by atoms with Crippen molar-refractivity contribution < 1.29 is 14.7 Å². The van der Waals surface area contributed by atoms with Gasteiger partial charge in [0.05, 0.1) is 12.5 Å². The summed E-state index contributed by atoms with van der Waals surface area (Å²) in [5.74, 6) is -1.06. The average molecular weight is 211 g/mol. The quantitative estimate of drug-likeness (QED) is 0.764. The van der Waals surface area contributed by atoms with Gasteiger partial charge in [0, 0.05) is 27.1 Å². The van der Waals surface area contributed by atoms with E-state index >= 15 is 0 Å². The van der Waals surface area contributed by atoms with E-state index in [0.29, 0.717) is 13.1 Å². The topological polar surface area (TPSA) is 75.4 Å². The number of likely N-dealkylation sites (N-methyl/N-ethyl adjacent to an activating group) is 1. The van der Waals surface area contributed by atoms with Gasteiger partial charge in [0.1, 0.15) is 5.69 Å². The van der Waals surface area contributed by atoms with Crippen LogP contribution in [0.25, 0.3) is 0 Å². The number of carbonyl (C=O) groups is 2. The van der Waals surface area contributed by atoms with Gasteiger partial charge >= 0.3 is 5.97 Å². The standard InChI is InChI=1S/C9H13N3O3/c1-7(13)11(2)3-4-12-6-10-5-8(12)9(14)15/h5-6H,3-4H2,1-2H3,(H,14,15). The van der Waals surface area contributed by atoms with Gasteiger partial charge in [-0.2, -0.15) is 0 Å². The summed E-state index contributed by atoms with van der Waals surface area (Å²) in [5, 5.41) is 8.79. The number of hydrogen-bond donors (Lipinski definition) is 1. The third-order valence-corrected chi connectivity index (χ3v) is 2.15. The van der Waals surface area contributed by atoms with Crippen LogP contribution >= 0.6 is 0 Å². The fraction of sp³-hybridized carbons (Fsp3) is 0.444. The SMILES string of the molecule is CC(=O)N(C)CCn1cncc1C(=O)O. The Labute approximate surface area is 87.1 Å². The second-order valence-electron chi connectivity index (χ2n) is 3.22. The molecule has 0 aliphatic heterocycles. The summed E-state index contributed by atoms with van der Waals surface area (Å²) in [6.45, 7) is 2.36. The number of aromatic carboxylic acids is 1. The lowest BCUT2D eigenvalue weighted by Crippen LogP contribution is -2.28. The van der Waals surface area contributed by atoms with Crippen molar-refractivity contribution in [2.24, 2.45) is 0 Å². The van der Waals surface area contributed by atoms with Gasteiger partial charge in [-0.1, -0.05) is 0 Å². The van der Waals surface area contributed by atoms with Crippen molar-refractivity contribution in [1.82, 2.24) is 14.5 Å². The van der Waals surface area contributed by atoms with Crippen molar-refractivity contribution in [2.75, 3.05) is 13.6 Å². The summed E-state index contributed by atoms with van der Waals surface area (Å²) in [7, 11) is 1.67. The first-order chi connectivity index (χ1) is 7.02. The minimum atomic E-state index is -1.02. The summed E-state index contributed by atoms with van der Waals surface area (Å²) < 4.78 is 1.50. The van der Waals surface area contributed by atoms with E-state index in [2.05, 4.69) is 4.98 Å². The Hall–Kier alpha value is -1.85. The lowest BCUT2D eigenvalue weighted by molar-refractivity contribution is -0.127. The fourth-order valence-electron chi connectivity index (χ4n) is 1.09. The molecule has 82 valence electrons. The molecule has 1 amide bonds. The van der Waals surface area contributed by atoms with E-state index in [1.165, 1.54) is 28.9 Å². The molecule has 0 saturated heterocycles. The van der Waals surface area contributed by atoms with Gasteiger partial charge in [-0.05, 0) is 0 Å². The zero-order chi connectivity index (χ0) is 11.4. The van der Waals surface area contributed by atoms with Crippen molar-refractivity contribution in [3.05, 3.63) is 18.2 Å². The van der Waals surface area contributed by atoms with E-state index in [1.54, 1.807) is 7.05 Å². The lowest BCUT2D eigenvalue weighted by atomic mass is 10.4. The van der Waals surface area contributed by atoms with Crippen molar-refractivity contribution in [2.45, 2.75) is 13.5 Å². The maximum Gasteiger partial charge on any atom is 0.354 e. The molecule has 1 aromatic rings. The Morgan fingerprint density at radius 3 is 2.80 bits per heavy atom. The van der Waals surface area contributed by atoms with Gasteiger partial charge in [0.15, 0.2) is 0 Å².